The summed E-state index contributed by atoms with van der Waals surface area (Å²) in [5, 5.41) is 3.25. The summed E-state index contributed by atoms with van der Waals surface area (Å²) in [5.74, 6) is 0.0497. The number of carbonyl (C=O) groups is 1. The van der Waals surface area contributed by atoms with E-state index in [1.54, 1.807) is 0 Å². The molecule has 4 heteroatoms. The first-order valence-corrected chi connectivity index (χ1v) is 8.32. The fourth-order valence-electron chi connectivity index (χ4n) is 3.45. The molecule has 3 nitrogen and oxygen atoms in total. The van der Waals surface area contributed by atoms with Crippen molar-refractivity contribution in [2.45, 2.75) is 78.7 Å². The van der Waals surface area contributed by atoms with Gasteiger partial charge in [0.05, 0.1) is 10.4 Å². The van der Waals surface area contributed by atoms with Crippen LogP contribution in [0.2, 0.25) is 0 Å². The van der Waals surface area contributed by atoms with Crippen LogP contribution in [0.25, 0.3) is 0 Å². The van der Waals surface area contributed by atoms with Crippen molar-refractivity contribution < 1.29 is 4.79 Å². The highest BCUT2D eigenvalue weighted by atomic mass is 32.1. The van der Waals surface area contributed by atoms with Crippen LogP contribution in [0.15, 0.2) is 0 Å². The Kier molecular flexibility index (Phi) is 5.99. The average molecular weight is 298 g/mol. The predicted molar refractivity (Wildman–Crippen MR) is 88.6 cm³/mol. The summed E-state index contributed by atoms with van der Waals surface area (Å²) in [6.07, 6.45) is 6.73. The third kappa shape index (κ3) is 3.51. The average Bonchev–Trinajstić information content (AvgIpc) is 2.68. The van der Waals surface area contributed by atoms with Gasteiger partial charge in [0.25, 0.3) is 0 Å². The summed E-state index contributed by atoms with van der Waals surface area (Å²) >= 11 is 5.25. The minimum atomic E-state index is -0.655. The summed E-state index contributed by atoms with van der Waals surface area (Å²) in [7, 11) is 0. The van der Waals surface area contributed by atoms with Gasteiger partial charge < -0.3 is 11.1 Å². The van der Waals surface area contributed by atoms with Crippen LogP contribution in [0.3, 0.4) is 0 Å². The van der Waals surface area contributed by atoms with Crippen LogP contribution in [0.5, 0.6) is 0 Å². The highest BCUT2D eigenvalue weighted by molar-refractivity contribution is 7.80. The van der Waals surface area contributed by atoms with Crippen LogP contribution in [0.1, 0.15) is 72.6 Å². The first-order chi connectivity index (χ1) is 9.30. The van der Waals surface area contributed by atoms with Crippen molar-refractivity contribution in [2.75, 3.05) is 0 Å². The van der Waals surface area contributed by atoms with Gasteiger partial charge >= 0.3 is 0 Å². The number of thiocarbonyl (C=S) groups is 1. The second kappa shape index (κ2) is 6.88. The molecule has 20 heavy (non-hydrogen) atoms. The quantitative estimate of drug-likeness (QED) is 0.707. The van der Waals surface area contributed by atoms with Gasteiger partial charge in [-0.3, -0.25) is 4.79 Å². The Morgan fingerprint density at radius 2 is 1.90 bits per heavy atom. The molecule has 0 radical (unpaired) electrons. The van der Waals surface area contributed by atoms with Crippen LogP contribution in [-0.2, 0) is 4.79 Å². The normalized spacial score (nSPS) is 21.7. The van der Waals surface area contributed by atoms with Crippen LogP contribution in [-0.4, -0.2) is 16.9 Å². The largest absolute Gasteiger partial charge is 0.392 e. The van der Waals surface area contributed by atoms with E-state index in [0.29, 0.717) is 4.99 Å². The highest BCUT2D eigenvalue weighted by Crippen LogP contribution is 2.39. The lowest BCUT2D eigenvalue weighted by molar-refractivity contribution is -0.129. The first kappa shape index (κ1) is 17.4. The van der Waals surface area contributed by atoms with Crippen molar-refractivity contribution in [1.82, 2.24) is 5.32 Å². The van der Waals surface area contributed by atoms with Crippen molar-refractivity contribution in [1.29, 1.82) is 0 Å². The molecule has 1 rings (SSSR count). The zero-order valence-corrected chi connectivity index (χ0v) is 14.2. The van der Waals surface area contributed by atoms with Gasteiger partial charge in [-0.25, -0.2) is 0 Å². The number of amides is 1. The molecular formula is C16H30N2OS. The van der Waals surface area contributed by atoms with Gasteiger partial charge in [-0.1, -0.05) is 59.2 Å². The fourth-order valence-corrected chi connectivity index (χ4v) is 3.75. The van der Waals surface area contributed by atoms with Crippen LogP contribution in [0, 0.1) is 10.8 Å². The number of hydrogen-bond acceptors (Lipinski definition) is 2. The molecule has 116 valence electrons. The molecule has 0 aromatic heterocycles. The molecule has 0 aromatic rings. The van der Waals surface area contributed by atoms with E-state index in [9.17, 15) is 4.79 Å². The molecule has 1 fully saturated rings. The summed E-state index contributed by atoms with van der Waals surface area (Å²) in [6, 6.07) is 0.248. The minimum absolute atomic E-state index is 0.0497. The summed E-state index contributed by atoms with van der Waals surface area (Å²) in [6.45, 7) is 8.62. The van der Waals surface area contributed by atoms with Crippen molar-refractivity contribution in [2.24, 2.45) is 16.6 Å². The molecule has 0 aromatic carbocycles. The van der Waals surface area contributed by atoms with Crippen LogP contribution < -0.4 is 11.1 Å². The number of nitrogens with two attached hydrogens (primary N) is 1. The second-order valence-electron chi connectivity index (χ2n) is 6.85. The van der Waals surface area contributed by atoms with Gasteiger partial charge in [-0.15, -0.1) is 0 Å². The molecule has 1 unspecified atom stereocenters. The van der Waals surface area contributed by atoms with Crippen LogP contribution in [0.4, 0.5) is 0 Å². The van der Waals surface area contributed by atoms with Crippen molar-refractivity contribution in [3.63, 3.8) is 0 Å². The Morgan fingerprint density at radius 1 is 1.35 bits per heavy atom. The molecule has 1 saturated carbocycles. The molecule has 1 aliphatic rings. The predicted octanol–water partition coefficient (Wildman–Crippen LogP) is 3.55. The maximum Gasteiger partial charge on any atom is 0.233 e. The second-order valence-corrected chi connectivity index (χ2v) is 7.29. The molecule has 0 bridgehead atoms. The molecule has 0 heterocycles. The minimum Gasteiger partial charge on any atom is -0.392 e. The molecular weight excluding hydrogens is 268 g/mol. The van der Waals surface area contributed by atoms with E-state index in [-0.39, 0.29) is 17.4 Å². The fraction of sp³-hybridized carbons (Fsp3) is 0.875. The topological polar surface area (TPSA) is 55.1 Å². The standard InChI is InChI=1S/C16H30N2OS/c1-5-9-16(10-6-2,13(17)20)14(19)18-12-8-7-11-15(12,3)4/h12H,5-11H2,1-4H3,(H2,17,20)(H,18,19). The van der Waals surface area contributed by atoms with Gasteiger partial charge in [0.2, 0.25) is 5.91 Å². The Hall–Kier alpha value is -0.640. The Morgan fingerprint density at radius 3 is 2.25 bits per heavy atom. The van der Waals surface area contributed by atoms with E-state index in [0.717, 1.165) is 32.1 Å². The Labute approximate surface area is 129 Å². The van der Waals surface area contributed by atoms with E-state index in [4.69, 9.17) is 18.0 Å². The third-order valence-corrected chi connectivity index (χ3v) is 5.21. The number of nitrogens with one attached hydrogen (secondary N) is 1. The van der Waals surface area contributed by atoms with Crippen molar-refractivity contribution in [3.05, 3.63) is 0 Å². The van der Waals surface area contributed by atoms with Crippen LogP contribution >= 0.6 is 12.2 Å². The van der Waals surface area contributed by atoms with E-state index < -0.39 is 5.41 Å². The Bertz CT molecular complexity index is 359. The Balaban J connectivity index is 2.90. The summed E-state index contributed by atoms with van der Waals surface area (Å²) in [5.41, 5.74) is 5.48. The number of hydrogen-bond donors (Lipinski definition) is 2. The third-order valence-electron chi connectivity index (χ3n) is 4.82. The molecule has 1 amide bonds. The van der Waals surface area contributed by atoms with Gasteiger partial charge in [-0.2, -0.15) is 0 Å². The van der Waals surface area contributed by atoms with Gasteiger partial charge in [0.15, 0.2) is 0 Å². The van der Waals surface area contributed by atoms with E-state index in [1.807, 2.05) is 0 Å². The molecule has 1 atom stereocenters. The molecule has 0 saturated heterocycles. The lowest BCUT2D eigenvalue weighted by atomic mass is 9.77. The summed E-state index contributed by atoms with van der Waals surface area (Å²) < 4.78 is 0. The SMILES string of the molecule is CCCC(CCC)(C(=O)NC1CCCC1(C)C)C(N)=S. The number of carbonyl (C=O) groups excluding carboxylic acids is 1. The molecule has 0 spiro atoms. The highest BCUT2D eigenvalue weighted by Gasteiger charge is 2.43. The van der Waals surface area contributed by atoms with Gasteiger partial charge in [0.1, 0.15) is 0 Å². The monoisotopic (exact) mass is 298 g/mol. The lowest BCUT2D eigenvalue weighted by Gasteiger charge is -2.35. The molecule has 3 N–H and O–H groups in total. The summed E-state index contributed by atoms with van der Waals surface area (Å²) in [4.78, 5) is 13.2. The van der Waals surface area contributed by atoms with E-state index in [2.05, 4.69) is 33.0 Å². The van der Waals surface area contributed by atoms with Gasteiger partial charge in [-0.05, 0) is 31.1 Å². The molecule has 1 aliphatic carbocycles. The zero-order chi connectivity index (χ0) is 15.4. The maximum atomic E-state index is 12.9. The zero-order valence-electron chi connectivity index (χ0n) is 13.4. The van der Waals surface area contributed by atoms with Crippen molar-refractivity contribution >= 4 is 23.1 Å². The smallest absolute Gasteiger partial charge is 0.233 e. The van der Waals surface area contributed by atoms with E-state index in [1.165, 1.54) is 12.8 Å². The molecule has 0 aliphatic heterocycles. The number of rotatable bonds is 7. The van der Waals surface area contributed by atoms with Crippen molar-refractivity contribution in [3.8, 4) is 0 Å². The lowest BCUT2D eigenvalue weighted by Crippen LogP contribution is -2.53. The van der Waals surface area contributed by atoms with Gasteiger partial charge in [0, 0.05) is 6.04 Å². The first-order valence-electron chi connectivity index (χ1n) is 7.91. The maximum absolute atomic E-state index is 12.9. The van der Waals surface area contributed by atoms with E-state index >= 15 is 0 Å².